The molecule has 0 rings (SSSR count). The molecular weight excluding hydrogens is 140 g/mol. The smallest absolute Gasteiger partial charge is 0.0604 e. The topological polar surface area (TPSA) is 58.3 Å². The third kappa shape index (κ3) is 4.44. The van der Waals surface area contributed by atoms with Crippen LogP contribution in [0.15, 0.2) is 23.5 Å². The Labute approximate surface area is 67.6 Å². The quantitative estimate of drug-likeness (QED) is 0.514. The second kappa shape index (κ2) is 5.80. The summed E-state index contributed by atoms with van der Waals surface area (Å²) in [5.41, 5.74) is 7.16. The van der Waals surface area contributed by atoms with Gasteiger partial charge in [0.15, 0.2) is 0 Å². The molecule has 0 heterocycles. The number of nitrogens with two attached hydrogens (primary N) is 1. The Morgan fingerprint density at radius 2 is 2.27 bits per heavy atom. The lowest BCUT2D eigenvalue weighted by Crippen LogP contribution is -2.19. The molecule has 0 fully saturated rings. The summed E-state index contributed by atoms with van der Waals surface area (Å²) in [6.07, 6.45) is 3.78. The van der Waals surface area contributed by atoms with Crippen LogP contribution in [0.25, 0.3) is 0 Å². The molecule has 0 aliphatic heterocycles. The van der Waals surface area contributed by atoms with E-state index in [1.54, 1.807) is 0 Å². The second-order valence-electron chi connectivity index (χ2n) is 2.25. The van der Waals surface area contributed by atoms with Gasteiger partial charge in [0, 0.05) is 12.2 Å². The third-order valence-corrected chi connectivity index (χ3v) is 1.19. The predicted molar refractivity (Wildman–Crippen MR) is 46.8 cm³/mol. The third-order valence-electron chi connectivity index (χ3n) is 1.19. The van der Waals surface area contributed by atoms with Crippen LogP contribution < -0.4 is 11.1 Å². The lowest BCUT2D eigenvalue weighted by Gasteiger charge is -2.06. The molecule has 0 amide bonds. The fourth-order valence-electron chi connectivity index (χ4n) is 0.687. The summed E-state index contributed by atoms with van der Waals surface area (Å²) in [4.78, 5) is 0. The molecule has 0 bridgehead atoms. The van der Waals surface area contributed by atoms with Crippen molar-refractivity contribution in [3.05, 3.63) is 23.5 Å². The van der Waals surface area contributed by atoms with Crippen molar-refractivity contribution in [2.75, 3.05) is 13.2 Å². The number of aliphatic hydroxyl groups is 1. The molecule has 0 saturated carbocycles. The molecule has 0 aliphatic rings. The maximum atomic E-state index is 8.52. The molecule has 0 aromatic heterocycles. The van der Waals surface area contributed by atoms with Crippen molar-refractivity contribution < 1.29 is 5.11 Å². The van der Waals surface area contributed by atoms with Crippen LogP contribution in [0.2, 0.25) is 0 Å². The SMILES string of the molecule is C/C=C\C(NCCO)=C(/C)N. The number of aliphatic hydroxyl groups excluding tert-OH is 1. The highest BCUT2D eigenvalue weighted by atomic mass is 16.3. The zero-order valence-corrected chi connectivity index (χ0v) is 7.09. The van der Waals surface area contributed by atoms with Gasteiger partial charge in [-0.25, -0.2) is 0 Å². The first-order valence-electron chi connectivity index (χ1n) is 3.66. The molecule has 3 heteroatoms. The van der Waals surface area contributed by atoms with Gasteiger partial charge < -0.3 is 16.2 Å². The summed E-state index contributed by atoms with van der Waals surface area (Å²) in [5, 5.41) is 11.5. The first-order valence-corrected chi connectivity index (χ1v) is 3.66. The van der Waals surface area contributed by atoms with Crippen molar-refractivity contribution in [2.24, 2.45) is 5.73 Å². The van der Waals surface area contributed by atoms with Crippen molar-refractivity contribution in [2.45, 2.75) is 13.8 Å². The van der Waals surface area contributed by atoms with E-state index in [1.807, 2.05) is 26.0 Å². The van der Waals surface area contributed by atoms with Crippen molar-refractivity contribution in [1.29, 1.82) is 0 Å². The van der Waals surface area contributed by atoms with Gasteiger partial charge in [-0.3, -0.25) is 0 Å². The normalized spacial score (nSPS) is 13.4. The summed E-state index contributed by atoms with van der Waals surface area (Å²) < 4.78 is 0. The van der Waals surface area contributed by atoms with E-state index in [4.69, 9.17) is 10.8 Å². The molecule has 0 spiro atoms. The van der Waals surface area contributed by atoms with Crippen LogP contribution in [-0.2, 0) is 0 Å². The average Bonchev–Trinajstić information content (AvgIpc) is 1.97. The zero-order chi connectivity index (χ0) is 8.69. The summed E-state index contributed by atoms with van der Waals surface area (Å²) in [5.74, 6) is 0. The Bertz CT molecular complexity index is 157. The fourth-order valence-corrected chi connectivity index (χ4v) is 0.687. The molecule has 0 unspecified atom stereocenters. The molecule has 0 aromatic rings. The largest absolute Gasteiger partial charge is 0.401 e. The van der Waals surface area contributed by atoms with Gasteiger partial charge >= 0.3 is 0 Å². The Kier molecular flexibility index (Phi) is 5.29. The summed E-state index contributed by atoms with van der Waals surface area (Å²) >= 11 is 0. The molecule has 0 aromatic carbocycles. The van der Waals surface area contributed by atoms with E-state index in [1.165, 1.54) is 0 Å². The van der Waals surface area contributed by atoms with Crippen molar-refractivity contribution in [1.82, 2.24) is 5.32 Å². The fraction of sp³-hybridized carbons (Fsp3) is 0.500. The highest BCUT2D eigenvalue weighted by molar-refractivity contribution is 5.20. The van der Waals surface area contributed by atoms with Gasteiger partial charge in [-0.05, 0) is 19.9 Å². The molecule has 11 heavy (non-hydrogen) atoms. The Hall–Kier alpha value is -0.960. The van der Waals surface area contributed by atoms with Crippen LogP contribution in [0.3, 0.4) is 0 Å². The van der Waals surface area contributed by atoms with Gasteiger partial charge in [-0.15, -0.1) is 0 Å². The van der Waals surface area contributed by atoms with E-state index < -0.39 is 0 Å². The molecule has 0 saturated heterocycles. The van der Waals surface area contributed by atoms with Crippen LogP contribution >= 0.6 is 0 Å². The van der Waals surface area contributed by atoms with Crippen LogP contribution in [-0.4, -0.2) is 18.3 Å². The molecule has 4 N–H and O–H groups in total. The van der Waals surface area contributed by atoms with Crippen LogP contribution in [0.4, 0.5) is 0 Å². The van der Waals surface area contributed by atoms with Crippen molar-refractivity contribution >= 4 is 0 Å². The lowest BCUT2D eigenvalue weighted by molar-refractivity contribution is 0.297. The standard InChI is InChI=1S/C8H16N2O/c1-3-4-8(7(2)9)10-5-6-11/h3-4,10-11H,5-6,9H2,1-2H3/b4-3-,8-7-. The minimum atomic E-state index is 0.119. The average molecular weight is 156 g/mol. The number of hydrogen-bond acceptors (Lipinski definition) is 3. The number of allylic oxidation sites excluding steroid dienone is 3. The number of rotatable bonds is 4. The van der Waals surface area contributed by atoms with E-state index in [2.05, 4.69) is 5.32 Å². The molecule has 3 nitrogen and oxygen atoms in total. The minimum Gasteiger partial charge on any atom is -0.401 e. The van der Waals surface area contributed by atoms with Gasteiger partial charge in [0.1, 0.15) is 0 Å². The van der Waals surface area contributed by atoms with Crippen molar-refractivity contribution in [3.8, 4) is 0 Å². The van der Waals surface area contributed by atoms with Crippen LogP contribution in [0, 0.1) is 0 Å². The Balaban J connectivity index is 4.02. The lowest BCUT2D eigenvalue weighted by atomic mass is 10.3. The van der Waals surface area contributed by atoms with E-state index >= 15 is 0 Å². The maximum absolute atomic E-state index is 8.52. The van der Waals surface area contributed by atoms with Crippen LogP contribution in [0.1, 0.15) is 13.8 Å². The number of nitrogens with one attached hydrogen (secondary N) is 1. The van der Waals surface area contributed by atoms with E-state index in [9.17, 15) is 0 Å². The van der Waals surface area contributed by atoms with Crippen molar-refractivity contribution in [3.63, 3.8) is 0 Å². The predicted octanol–water partition coefficient (Wildman–Crippen LogP) is 0.335. The monoisotopic (exact) mass is 156 g/mol. The minimum absolute atomic E-state index is 0.119. The van der Waals surface area contributed by atoms with Gasteiger partial charge in [-0.1, -0.05) is 6.08 Å². The van der Waals surface area contributed by atoms with Gasteiger partial charge in [0.2, 0.25) is 0 Å². The first-order chi connectivity index (χ1) is 5.22. The molecule has 0 radical (unpaired) electrons. The highest BCUT2D eigenvalue weighted by Gasteiger charge is 1.91. The second-order valence-corrected chi connectivity index (χ2v) is 2.25. The van der Waals surface area contributed by atoms with Gasteiger partial charge in [0.05, 0.1) is 12.3 Å². The Morgan fingerprint density at radius 1 is 1.64 bits per heavy atom. The summed E-state index contributed by atoms with van der Waals surface area (Å²) in [7, 11) is 0. The first kappa shape index (κ1) is 10.0. The highest BCUT2D eigenvalue weighted by Crippen LogP contribution is 1.95. The number of hydrogen-bond donors (Lipinski definition) is 3. The van der Waals surface area contributed by atoms with Gasteiger partial charge in [0.25, 0.3) is 0 Å². The molecule has 0 aliphatic carbocycles. The van der Waals surface area contributed by atoms with E-state index in [0.717, 1.165) is 11.4 Å². The molecule has 64 valence electrons. The molecule has 0 atom stereocenters. The van der Waals surface area contributed by atoms with Gasteiger partial charge in [-0.2, -0.15) is 0 Å². The summed E-state index contributed by atoms with van der Waals surface area (Å²) in [6, 6.07) is 0. The Morgan fingerprint density at radius 3 is 2.64 bits per heavy atom. The van der Waals surface area contributed by atoms with Crippen LogP contribution in [0.5, 0.6) is 0 Å². The van der Waals surface area contributed by atoms with E-state index in [-0.39, 0.29) is 6.61 Å². The molecular formula is C8H16N2O. The van der Waals surface area contributed by atoms with E-state index in [0.29, 0.717) is 6.54 Å². The maximum Gasteiger partial charge on any atom is 0.0604 e. The summed E-state index contributed by atoms with van der Waals surface area (Å²) in [6.45, 7) is 4.39. The zero-order valence-electron chi connectivity index (χ0n) is 7.09.